The minimum absolute atomic E-state index is 0.0594. The molecule has 1 aliphatic rings. The first kappa shape index (κ1) is 14.7. The summed E-state index contributed by atoms with van der Waals surface area (Å²) in [6, 6.07) is 17.5. The number of carbonyl (C=O) groups is 1. The molecule has 0 bridgehead atoms. The van der Waals surface area contributed by atoms with Crippen molar-refractivity contribution in [3.63, 3.8) is 0 Å². The molecule has 1 fully saturated rings. The average molecular weight is 423 g/mol. The summed E-state index contributed by atoms with van der Waals surface area (Å²) >= 11 is 8.96. The van der Waals surface area contributed by atoms with Crippen LogP contribution in [0.25, 0.3) is 6.08 Å². The molecule has 0 radical (unpaired) electrons. The number of hydrogen-bond donors (Lipinski definition) is 0. The third-order valence-corrected chi connectivity index (χ3v) is 5.28. The maximum absolute atomic E-state index is 12.6. The Hall–Kier alpha value is -1.18. The predicted molar refractivity (Wildman–Crippen MR) is 101 cm³/mol. The van der Waals surface area contributed by atoms with Gasteiger partial charge in [-0.05, 0) is 52.4 Å². The predicted octanol–water partition coefficient (Wildman–Crippen LogP) is 4.70. The van der Waals surface area contributed by atoms with Gasteiger partial charge in [-0.2, -0.15) is 0 Å². The van der Waals surface area contributed by atoms with Crippen LogP contribution in [0, 0.1) is 3.57 Å². The van der Waals surface area contributed by atoms with Gasteiger partial charge in [0.2, 0.25) is 0 Å². The van der Waals surface area contributed by atoms with E-state index in [-0.39, 0.29) is 5.91 Å². The molecule has 0 aromatic heterocycles. The highest BCUT2D eigenvalue weighted by Gasteiger charge is 2.33. The van der Waals surface area contributed by atoms with E-state index in [4.69, 9.17) is 12.2 Å². The van der Waals surface area contributed by atoms with Crippen LogP contribution in [-0.4, -0.2) is 10.2 Å². The number of halogens is 1. The molecular weight excluding hydrogens is 413 g/mol. The number of rotatable bonds is 2. The van der Waals surface area contributed by atoms with Gasteiger partial charge >= 0.3 is 0 Å². The number of anilines is 1. The van der Waals surface area contributed by atoms with Gasteiger partial charge in [-0.25, -0.2) is 0 Å². The lowest BCUT2D eigenvalue weighted by molar-refractivity contribution is -0.113. The molecule has 21 heavy (non-hydrogen) atoms. The number of amides is 1. The molecule has 3 rings (SSSR count). The fraction of sp³-hybridized carbons (Fsp3) is 0. The van der Waals surface area contributed by atoms with Crippen molar-refractivity contribution in [2.45, 2.75) is 0 Å². The summed E-state index contributed by atoms with van der Waals surface area (Å²) in [5.41, 5.74) is 1.85. The second kappa shape index (κ2) is 6.29. The number of thioether (sulfide) groups is 1. The van der Waals surface area contributed by atoms with Crippen molar-refractivity contribution >= 4 is 68.6 Å². The van der Waals surface area contributed by atoms with E-state index in [1.807, 2.05) is 60.7 Å². The number of nitrogens with zero attached hydrogens (tertiary/aromatic N) is 1. The molecule has 0 unspecified atom stereocenters. The highest BCUT2D eigenvalue weighted by Crippen LogP contribution is 2.36. The lowest BCUT2D eigenvalue weighted by Crippen LogP contribution is -2.27. The van der Waals surface area contributed by atoms with Crippen LogP contribution in [0.15, 0.2) is 59.5 Å². The van der Waals surface area contributed by atoms with Gasteiger partial charge < -0.3 is 0 Å². The van der Waals surface area contributed by atoms with E-state index in [9.17, 15) is 4.79 Å². The van der Waals surface area contributed by atoms with Gasteiger partial charge in [-0.1, -0.05) is 60.4 Å². The fourth-order valence-corrected chi connectivity index (χ4v) is 3.83. The molecule has 0 spiro atoms. The second-order valence-corrected chi connectivity index (χ2v) is 7.21. The minimum atomic E-state index is -0.0594. The highest BCUT2D eigenvalue weighted by molar-refractivity contribution is 14.1. The van der Waals surface area contributed by atoms with Crippen LogP contribution in [0.4, 0.5) is 5.69 Å². The minimum Gasteiger partial charge on any atom is -0.268 e. The Balaban J connectivity index is 1.96. The molecule has 0 aliphatic carbocycles. The molecular formula is C16H10INOS2. The molecule has 0 atom stereocenters. The molecule has 2 nitrogen and oxygen atoms in total. The molecule has 1 amide bonds. The summed E-state index contributed by atoms with van der Waals surface area (Å²) in [6.07, 6.45) is 1.91. The molecule has 104 valence electrons. The van der Waals surface area contributed by atoms with E-state index in [0.717, 1.165) is 14.8 Å². The van der Waals surface area contributed by atoms with Gasteiger partial charge in [0.1, 0.15) is 0 Å². The maximum atomic E-state index is 12.6. The third-order valence-electron chi connectivity index (χ3n) is 3.00. The first-order valence-corrected chi connectivity index (χ1v) is 8.55. The van der Waals surface area contributed by atoms with Crippen LogP contribution >= 0.6 is 46.6 Å². The number of para-hydroxylation sites is 1. The quantitative estimate of drug-likeness (QED) is 0.397. The van der Waals surface area contributed by atoms with Crippen molar-refractivity contribution in [3.8, 4) is 0 Å². The number of thiocarbonyl (C=S) groups is 1. The van der Waals surface area contributed by atoms with Crippen LogP contribution < -0.4 is 4.90 Å². The molecule has 0 N–H and O–H groups in total. The van der Waals surface area contributed by atoms with Gasteiger partial charge in [0.05, 0.1) is 10.6 Å². The molecule has 2 aromatic rings. The summed E-state index contributed by atoms with van der Waals surface area (Å²) in [5.74, 6) is -0.0594. The SMILES string of the molecule is O=C1/C(=C\c2ccccc2I)SC(=S)N1c1ccccc1. The number of benzene rings is 2. The zero-order valence-corrected chi connectivity index (χ0v) is 14.6. The zero-order valence-electron chi connectivity index (χ0n) is 10.8. The standard InChI is InChI=1S/C16H10INOS2/c17-13-9-5-4-6-11(13)10-14-15(19)18(16(20)21-14)12-7-2-1-3-8-12/h1-10H/b14-10+. The molecule has 1 aliphatic heterocycles. The van der Waals surface area contributed by atoms with Gasteiger partial charge in [0.25, 0.3) is 5.91 Å². The summed E-state index contributed by atoms with van der Waals surface area (Å²) in [6.45, 7) is 0. The Labute approximate surface area is 146 Å². The first-order valence-electron chi connectivity index (χ1n) is 6.24. The van der Waals surface area contributed by atoms with Gasteiger partial charge in [0, 0.05) is 3.57 Å². The first-order chi connectivity index (χ1) is 10.2. The third kappa shape index (κ3) is 3.04. The molecule has 1 saturated heterocycles. The van der Waals surface area contributed by atoms with Crippen LogP contribution in [0.3, 0.4) is 0 Å². The Morgan fingerprint density at radius 2 is 1.71 bits per heavy atom. The zero-order chi connectivity index (χ0) is 14.8. The normalized spacial score (nSPS) is 16.8. The van der Waals surface area contributed by atoms with Crippen LogP contribution in [-0.2, 0) is 4.79 Å². The summed E-state index contributed by atoms with van der Waals surface area (Å²) in [7, 11) is 0. The topological polar surface area (TPSA) is 20.3 Å². The van der Waals surface area contributed by atoms with Crippen molar-refractivity contribution in [1.29, 1.82) is 0 Å². The smallest absolute Gasteiger partial charge is 0.268 e. The molecule has 5 heteroatoms. The maximum Gasteiger partial charge on any atom is 0.270 e. The Kier molecular flexibility index (Phi) is 4.42. The van der Waals surface area contributed by atoms with Crippen LogP contribution in [0.5, 0.6) is 0 Å². The number of hydrogen-bond acceptors (Lipinski definition) is 3. The molecule has 1 heterocycles. The Morgan fingerprint density at radius 1 is 1.05 bits per heavy atom. The summed E-state index contributed by atoms with van der Waals surface area (Å²) in [4.78, 5) is 14.8. The van der Waals surface area contributed by atoms with E-state index < -0.39 is 0 Å². The van der Waals surface area contributed by atoms with Crippen molar-refractivity contribution < 1.29 is 4.79 Å². The van der Waals surface area contributed by atoms with Crippen LogP contribution in [0.1, 0.15) is 5.56 Å². The monoisotopic (exact) mass is 423 g/mol. The largest absolute Gasteiger partial charge is 0.270 e. The fourth-order valence-electron chi connectivity index (χ4n) is 2.00. The molecule has 0 saturated carbocycles. The van der Waals surface area contributed by atoms with Crippen LogP contribution in [0.2, 0.25) is 0 Å². The van der Waals surface area contributed by atoms with E-state index in [1.54, 1.807) is 4.90 Å². The van der Waals surface area contributed by atoms with E-state index in [2.05, 4.69) is 22.6 Å². The van der Waals surface area contributed by atoms with E-state index in [0.29, 0.717) is 9.23 Å². The second-order valence-electron chi connectivity index (χ2n) is 4.37. The van der Waals surface area contributed by atoms with Crippen molar-refractivity contribution in [2.24, 2.45) is 0 Å². The lowest BCUT2D eigenvalue weighted by Gasteiger charge is -2.13. The molecule has 2 aromatic carbocycles. The average Bonchev–Trinajstić information content (AvgIpc) is 2.77. The highest BCUT2D eigenvalue weighted by atomic mass is 127. The Bertz CT molecular complexity index is 743. The van der Waals surface area contributed by atoms with Crippen molar-refractivity contribution in [1.82, 2.24) is 0 Å². The van der Waals surface area contributed by atoms with Crippen molar-refractivity contribution in [2.75, 3.05) is 4.90 Å². The Morgan fingerprint density at radius 3 is 2.43 bits per heavy atom. The van der Waals surface area contributed by atoms with E-state index in [1.165, 1.54) is 11.8 Å². The van der Waals surface area contributed by atoms with Gasteiger partial charge in [-0.15, -0.1) is 0 Å². The van der Waals surface area contributed by atoms with E-state index >= 15 is 0 Å². The summed E-state index contributed by atoms with van der Waals surface area (Å²) in [5, 5.41) is 0. The lowest BCUT2D eigenvalue weighted by atomic mass is 10.2. The number of carbonyl (C=O) groups excluding carboxylic acids is 1. The van der Waals surface area contributed by atoms with Crippen molar-refractivity contribution in [3.05, 3.63) is 68.6 Å². The summed E-state index contributed by atoms with van der Waals surface area (Å²) < 4.78 is 1.68. The van der Waals surface area contributed by atoms with Gasteiger partial charge in [-0.3, -0.25) is 9.69 Å². The van der Waals surface area contributed by atoms with Gasteiger partial charge in [0.15, 0.2) is 4.32 Å².